The molecule has 0 spiro atoms. The smallest absolute Gasteiger partial charge is 0.202 e. The summed E-state index contributed by atoms with van der Waals surface area (Å²) in [5.74, 6) is 1.60. The first kappa shape index (κ1) is 10.1. The lowest BCUT2D eigenvalue weighted by molar-refractivity contribution is 0.369. The first-order chi connectivity index (χ1) is 6.20. The van der Waals surface area contributed by atoms with E-state index in [4.69, 9.17) is 0 Å². The van der Waals surface area contributed by atoms with Crippen molar-refractivity contribution in [3.05, 3.63) is 12.4 Å². The highest BCUT2D eigenvalue weighted by Gasteiger charge is 2.15. The molecule has 1 rings (SSSR count). The van der Waals surface area contributed by atoms with Gasteiger partial charge in [0.2, 0.25) is 5.95 Å². The van der Waals surface area contributed by atoms with Crippen molar-refractivity contribution in [2.24, 2.45) is 5.92 Å². The maximum Gasteiger partial charge on any atom is 0.202 e. The standard InChI is InChI=1S/C10H19N3/c1-5-9(8(2)3)13-7-6-12-10(13)11-4/h6-9H,5H2,1-4H3,(H,11,12). The predicted molar refractivity (Wildman–Crippen MR) is 55.9 cm³/mol. The van der Waals surface area contributed by atoms with Gasteiger partial charge in [0.1, 0.15) is 0 Å². The fourth-order valence-electron chi connectivity index (χ4n) is 1.76. The fraction of sp³-hybridized carbons (Fsp3) is 0.700. The van der Waals surface area contributed by atoms with Crippen molar-refractivity contribution in [1.82, 2.24) is 9.55 Å². The molecule has 0 aliphatic rings. The molecule has 1 unspecified atom stereocenters. The zero-order chi connectivity index (χ0) is 9.84. The molecule has 0 amide bonds. The third kappa shape index (κ3) is 2.02. The molecular formula is C10H19N3. The molecule has 1 N–H and O–H groups in total. The van der Waals surface area contributed by atoms with Crippen LogP contribution < -0.4 is 5.32 Å². The Balaban J connectivity index is 2.90. The third-order valence-electron chi connectivity index (χ3n) is 2.44. The molecule has 0 bridgehead atoms. The Morgan fingerprint density at radius 3 is 2.69 bits per heavy atom. The quantitative estimate of drug-likeness (QED) is 0.773. The molecule has 0 aliphatic carbocycles. The number of rotatable bonds is 4. The van der Waals surface area contributed by atoms with E-state index in [1.54, 1.807) is 0 Å². The predicted octanol–water partition coefficient (Wildman–Crippen LogP) is 2.53. The number of nitrogens with zero attached hydrogens (tertiary/aromatic N) is 2. The van der Waals surface area contributed by atoms with Gasteiger partial charge in [-0.3, -0.25) is 0 Å². The molecule has 74 valence electrons. The molecule has 13 heavy (non-hydrogen) atoms. The summed E-state index contributed by atoms with van der Waals surface area (Å²) in [6, 6.07) is 0.546. The lowest BCUT2D eigenvalue weighted by atomic mass is 10.0. The highest BCUT2D eigenvalue weighted by molar-refractivity contribution is 5.25. The van der Waals surface area contributed by atoms with E-state index < -0.39 is 0 Å². The molecule has 1 heterocycles. The van der Waals surface area contributed by atoms with Crippen molar-refractivity contribution in [3.63, 3.8) is 0 Å². The van der Waals surface area contributed by atoms with Crippen molar-refractivity contribution in [3.8, 4) is 0 Å². The summed E-state index contributed by atoms with van der Waals surface area (Å²) in [6.07, 6.45) is 5.03. The van der Waals surface area contributed by atoms with Gasteiger partial charge in [0.25, 0.3) is 0 Å². The van der Waals surface area contributed by atoms with Crippen LogP contribution in [0, 0.1) is 5.92 Å². The minimum Gasteiger partial charge on any atom is -0.359 e. The Hall–Kier alpha value is -0.990. The zero-order valence-electron chi connectivity index (χ0n) is 8.91. The number of imidazole rings is 1. The Kier molecular flexibility index (Phi) is 3.34. The van der Waals surface area contributed by atoms with E-state index in [1.165, 1.54) is 0 Å². The van der Waals surface area contributed by atoms with Crippen LogP contribution in [0.25, 0.3) is 0 Å². The van der Waals surface area contributed by atoms with Crippen molar-refractivity contribution in [2.75, 3.05) is 12.4 Å². The molecule has 1 aromatic rings. The summed E-state index contributed by atoms with van der Waals surface area (Å²) in [5.41, 5.74) is 0. The van der Waals surface area contributed by atoms with Crippen LogP contribution >= 0.6 is 0 Å². The maximum absolute atomic E-state index is 4.24. The summed E-state index contributed by atoms with van der Waals surface area (Å²) in [5, 5.41) is 3.10. The van der Waals surface area contributed by atoms with E-state index in [1.807, 2.05) is 19.4 Å². The molecule has 1 aromatic heterocycles. The molecule has 0 saturated heterocycles. The van der Waals surface area contributed by atoms with E-state index >= 15 is 0 Å². The molecule has 0 saturated carbocycles. The Morgan fingerprint density at radius 1 is 1.54 bits per heavy atom. The average molecular weight is 181 g/mol. The van der Waals surface area contributed by atoms with Crippen molar-refractivity contribution < 1.29 is 0 Å². The van der Waals surface area contributed by atoms with E-state index in [0.717, 1.165) is 12.4 Å². The van der Waals surface area contributed by atoms with E-state index in [-0.39, 0.29) is 0 Å². The van der Waals surface area contributed by atoms with Crippen LogP contribution in [0.5, 0.6) is 0 Å². The molecule has 0 fully saturated rings. The number of hydrogen-bond donors (Lipinski definition) is 1. The second-order valence-electron chi connectivity index (χ2n) is 3.63. The van der Waals surface area contributed by atoms with Gasteiger partial charge in [0, 0.05) is 25.5 Å². The molecule has 0 aliphatic heterocycles. The maximum atomic E-state index is 4.24. The summed E-state index contributed by atoms with van der Waals surface area (Å²) in [7, 11) is 1.91. The number of nitrogens with one attached hydrogen (secondary N) is 1. The highest BCUT2D eigenvalue weighted by Crippen LogP contribution is 2.24. The zero-order valence-corrected chi connectivity index (χ0v) is 8.91. The minimum absolute atomic E-state index is 0.546. The van der Waals surface area contributed by atoms with E-state index in [2.05, 4.69) is 35.6 Å². The topological polar surface area (TPSA) is 29.9 Å². The van der Waals surface area contributed by atoms with E-state index in [0.29, 0.717) is 12.0 Å². The molecule has 3 heteroatoms. The van der Waals surface area contributed by atoms with Crippen LogP contribution in [0.3, 0.4) is 0 Å². The Morgan fingerprint density at radius 2 is 2.23 bits per heavy atom. The molecule has 0 aromatic carbocycles. The second kappa shape index (κ2) is 4.30. The molecule has 1 atom stereocenters. The van der Waals surface area contributed by atoms with Gasteiger partial charge in [-0.15, -0.1) is 0 Å². The summed E-state index contributed by atoms with van der Waals surface area (Å²) in [4.78, 5) is 4.24. The second-order valence-corrected chi connectivity index (χ2v) is 3.63. The summed E-state index contributed by atoms with van der Waals surface area (Å²) in [6.45, 7) is 6.70. The summed E-state index contributed by atoms with van der Waals surface area (Å²) < 4.78 is 2.21. The largest absolute Gasteiger partial charge is 0.359 e. The van der Waals surface area contributed by atoms with Gasteiger partial charge in [-0.25, -0.2) is 4.98 Å². The van der Waals surface area contributed by atoms with Crippen LogP contribution in [0.4, 0.5) is 5.95 Å². The Labute approximate surface area is 80.2 Å². The van der Waals surface area contributed by atoms with Crippen LogP contribution in [-0.4, -0.2) is 16.6 Å². The summed E-state index contributed by atoms with van der Waals surface area (Å²) >= 11 is 0. The van der Waals surface area contributed by atoms with Crippen LogP contribution in [0.1, 0.15) is 33.2 Å². The van der Waals surface area contributed by atoms with Gasteiger partial charge >= 0.3 is 0 Å². The normalized spacial score (nSPS) is 13.3. The van der Waals surface area contributed by atoms with Crippen LogP contribution in [-0.2, 0) is 0 Å². The lowest BCUT2D eigenvalue weighted by Gasteiger charge is -2.22. The number of aromatic nitrogens is 2. The monoisotopic (exact) mass is 181 g/mol. The van der Waals surface area contributed by atoms with Crippen molar-refractivity contribution in [2.45, 2.75) is 33.2 Å². The Bertz CT molecular complexity index is 252. The first-order valence-electron chi connectivity index (χ1n) is 4.91. The highest BCUT2D eigenvalue weighted by atomic mass is 15.2. The van der Waals surface area contributed by atoms with E-state index in [9.17, 15) is 0 Å². The van der Waals surface area contributed by atoms with Gasteiger partial charge in [0.15, 0.2) is 0 Å². The molecule has 3 nitrogen and oxygen atoms in total. The van der Waals surface area contributed by atoms with Crippen molar-refractivity contribution in [1.29, 1.82) is 0 Å². The molecular weight excluding hydrogens is 162 g/mol. The number of anilines is 1. The minimum atomic E-state index is 0.546. The average Bonchev–Trinajstić information content (AvgIpc) is 2.53. The van der Waals surface area contributed by atoms with Gasteiger partial charge in [-0.1, -0.05) is 20.8 Å². The van der Waals surface area contributed by atoms with Crippen LogP contribution in [0.2, 0.25) is 0 Å². The fourth-order valence-corrected chi connectivity index (χ4v) is 1.76. The first-order valence-corrected chi connectivity index (χ1v) is 4.91. The SMILES string of the molecule is CCC(C(C)C)n1ccnc1NC. The third-order valence-corrected chi connectivity index (χ3v) is 2.44. The molecule has 0 radical (unpaired) electrons. The lowest BCUT2D eigenvalue weighted by Crippen LogP contribution is -2.15. The van der Waals surface area contributed by atoms with Gasteiger partial charge in [-0.05, 0) is 12.3 Å². The van der Waals surface area contributed by atoms with Gasteiger partial charge < -0.3 is 9.88 Å². The van der Waals surface area contributed by atoms with Gasteiger partial charge in [-0.2, -0.15) is 0 Å². The number of hydrogen-bond acceptors (Lipinski definition) is 2. The van der Waals surface area contributed by atoms with Gasteiger partial charge in [0.05, 0.1) is 0 Å². The van der Waals surface area contributed by atoms with Crippen LogP contribution in [0.15, 0.2) is 12.4 Å². The van der Waals surface area contributed by atoms with Crippen molar-refractivity contribution >= 4 is 5.95 Å².